The number of hydrogen-bond donors (Lipinski definition) is 6. The highest BCUT2D eigenvalue weighted by molar-refractivity contribution is 5.80. The number of hydrogen-bond acceptors (Lipinski definition) is 10. The largest absolute Gasteiger partial charge is 0.454 e. The van der Waals surface area contributed by atoms with Crippen LogP contribution in [0.5, 0.6) is 0 Å². The van der Waals surface area contributed by atoms with Gasteiger partial charge in [0, 0.05) is 6.42 Å². The second-order valence-corrected chi connectivity index (χ2v) is 25.3. The number of aliphatic hydroxyl groups is 5. The van der Waals surface area contributed by atoms with Crippen LogP contribution in [0.1, 0.15) is 342 Å². The maximum atomic E-state index is 13.5. The maximum Gasteiger partial charge on any atom is 0.306 e. The van der Waals surface area contributed by atoms with Gasteiger partial charge in [0.05, 0.1) is 25.4 Å². The first-order valence-corrected chi connectivity index (χ1v) is 36.6. The Kier molecular flexibility index (Phi) is 59.2. The molecule has 0 radical (unpaired) electrons. The number of carbonyl (C=O) groups is 2. The lowest BCUT2D eigenvalue weighted by molar-refractivity contribution is -0.305. The second kappa shape index (κ2) is 62.5. The molecule has 0 bridgehead atoms. The number of aliphatic hydroxyl groups excluding tert-OH is 5. The predicted molar refractivity (Wildman–Crippen MR) is 361 cm³/mol. The summed E-state index contributed by atoms with van der Waals surface area (Å²) in [5.74, 6) is -1.19. The number of nitrogens with one attached hydrogen (secondary N) is 1. The molecule has 6 N–H and O–H groups in total. The zero-order valence-corrected chi connectivity index (χ0v) is 55.9. The molecule has 0 aromatic heterocycles. The van der Waals surface area contributed by atoms with Crippen molar-refractivity contribution < 1.29 is 49.3 Å². The van der Waals surface area contributed by atoms with Crippen LogP contribution in [0.25, 0.3) is 0 Å². The molecule has 0 aromatic rings. The third-order valence-electron chi connectivity index (χ3n) is 17.2. The lowest BCUT2D eigenvalue weighted by Gasteiger charge is -2.41. The topological polar surface area (TPSA) is 175 Å². The molecule has 1 aliphatic heterocycles. The molecule has 502 valence electrons. The molecule has 1 aliphatic rings. The quantitative estimate of drug-likeness (QED) is 0.0195. The highest BCUT2D eigenvalue weighted by atomic mass is 16.7. The first-order chi connectivity index (χ1) is 42.2. The van der Waals surface area contributed by atoms with Gasteiger partial charge in [-0.1, -0.05) is 326 Å². The van der Waals surface area contributed by atoms with Crippen LogP contribution in [0.2, 0.25) is 0 Å². The maximum absolute atomic E-state index is 13.5. The average molecular weight is 1210 g/mol. The van der Waals surface area contributed by atoms with Gasteiger partial charge in [0.1, 0.15) is 24.4 Å². The number of esters is 1. The fraction of sp³-hybridized carbons (Fsp3) is 0.840. The van der Waals surface area contributed by atoms with Crippen molar-refractivity contribution in [2.24, 2.45) is 0 Å². The summed E-state index contributed by atoms with van der Waals surface area (Å²) in [7, 11) is 0. The summed E-state index contributed by atoms with van der Waals surface area (Å²) in [6, 6.07) is -1.03. The van der Waals surface area contributed by atoms with E-state index in [-0.39, 0.29) is 13.0 Å². The normalized spacial score (nSPS) is 18.6. The fourth-order valence-electron chi connectivity index (χ4n) is 11.4. The Morgan fingerprint density at radius 1 is 0.453 bits per heavy atom. The average Bonchev–Trinajstić information content (AvgIpc) is 3.39. The number of ether oxygens (including phenoxy) is 3. The minimum absolute atomic E-state index is 0.111. The van der Waals surface area contributed by atoms with Crippen LogP contribution in [0.4, 0.5) is 0 Å². The Balaban J connectivity index is 2.57. The molecule has 8 unspecified atom stereocenters. The van der Waals surface area contributed by atoms with Crippen molar-refractivity contribution in [3.63, 3.8) is 0 Å². The van der Waals surface area contributed by atoms with E-state index in [9.17, 15) is 35.1 Å². The fourth-order valence-corrected chi connectivity index (χ4v) is 11.4. The monoisotopic (exact) mass is 1210 g/mol. The lowest BCUT2D eigenvalue weighted by atomic mass is 9.99. The summed E-state index contributed by atoms with van der Waals surface area (Å²) >= 11 is 0. The summed E-state index contributed by atoms with van der Waals surface area (Å²) in [6.45, 7) is 5.80. The number of amides is 1. The zero-order valence-electron chi connectivity index (χ0n) is 55.9. The summed E-state index contributed by atoms with van der Waals surface area (Å²) in [5, 5.41) is 57.3. The van der Waals surface area contributed by atoms with Crippen molar-refractivity contribution in [3.8, 4) is 0 Å². The van der Waals surface area contributed by atoms with Gasteiger partial charge in [0.15, 0.2) is 12.4 Å². The molecule has 1 fully saturated rings. The lowest BCUT2D eigenvalue weighted by Crippen LogP contribution is -2.61. The minimum Gasteiger partial charge on any atom is -0.454 e. The van der Waals surface area contributed by atoms with Crippen molar-refractivity contribution in [2.45, 2.75) is 391 Å². The molecule has 86 heavy (non-hydrogen) atoms. The molecule has 0 spiro atoms. The van der Waals surface area contributed by atoms with Gasteiger partial charge in [-0.25, -0.2) is 0 Å². The van der Waals surface area contributed by atoms with Gasteiger partial charge in [-0.3, -0.25) is 9.59 Å². The van der Waals surface area contributed by atoms with Crippen molar-refractivity contribution in [2.75, 3.05) is 13.2 Å². The van der Waals surface area contributed by atoms with Crippen LogP contribution in [-0.2, 0) is 23.8 Å². The van der Waals surface area contributed by atoms with E-state index in [2.05, 4.69) is 74.7 Å². The molecule has 1 rings (SSSR count). The molecule has 8 atom stereocenters. The highest BCUT2D eigenvalue weighted by Crippen LogP contribution is 2.26. The Morgan fingerprint density at radius 3 is 1.22 bits per heavy atom. The SMILES string of the molecule is CCCCC/C=C\C/C=C\C/C=C\C/C=C\CCCCCCCCCC(=O)OC1C(OCC(NC(=O)C(O)CCCCCCCCCCCCCCCCCCCCCCCC)C(O)/C=C/CCCCCCCCCCCC)OC(CO)C(O)C1O. The number of rotatable bonds is 63. The summed E-state index contributed by atoms with van der Waals surface area (Å²) < 4.78 is 17.7. The van der Waals surface area contributed by atoms with E-state index in [4.69, 9.17) is 14.2 Å². The van der Waals surface area contributed by atoms with Crippen LogP contribution in [0.3, 0.4) is 0 Å². The first-order valence-electron chi connectivity index (χ1n) is 36.6. The van der Waals surface area contributed by atoms with Crippen LogP contribution < -0.4 is 5.32 Å². The Labute approximate surface area is 528 Å². The van der Waals surface area contributed by atoms with E-state index < -0.39 is 67.4 Å². The number of carbonyl (C=O) groups excluding carboxylic acids is 2. The molecule has 0 aliphatic carbocycles. The highest BCUT2D eigenvalue weighted by Gasteiger charge is 2.47. The zero-order chi connectivity index (χ0) is 62.4. The molecule has 11 heteroatoms. The summed E-state index contributed by atoms with van der Waals surface area (Å²) in [6.07, 6.45) is 69.7. The van der Waals surface area contributed by atoms with Crippen molar-refractivity contribution in [1.82, 2.24) is 5.32 Å². The first kappa shape index (κ1) is 81.4. The molecule has 1 amide bonds. The third kappa shape index (κ3) is 49.2. The number of unbranched alkanes of at least 4 members (excludes halogenated alkanes) is 41. The second-order valence-electron chi connectivity index (χ2n) is 25.3. The smallest absolute Gasteiger partial charge is 0.306 e. The minimum atomic E-state index is -1.62. The summed E-state index contributed by atoms with van der Waals surface area (Å²) in [4.78, 5) is 26.7. The molecule has 0 aromatic carbocycles. The van der Waals surface area contributed by atoms with Crippen LogP contribution >= 0.6 is 0 Å². The Hall–Kier alpha value is -2.64. The van der Waals surface area contributed by atoms with E-state index >= 15 is 0 Å². The molecule has 1 saturated heterocycles. The van der Waals surface area contributed by atoms with Crippen molar-refractivity contribution >= 4 is 11.9 Å². The molecule has 0 saturated carbocycles. The van der Waals surface area contributed by atoms with Gasteiger partial charge in [0.2, 0.25) is 5.91 Å². The van der Waals surface area contributed by atoms with Gasteiger partial charge in [-0.15, -0.1) is 0 Å². The molecular weight excluding hydrogens is 1070 g/mol. The molecular formula is C75H137NO10. The van der Waals surface area contributed by atoms with Gasteiger partial charge in [-0.2, -0.15) is 0 Å². The number of allylic oxidation sites excluding steroid dienone is 9. The van der Waals surface area contributed by atoms with Crippen LogP contribution in [0.15, 0.2) is 60.8 Å². The summed E-state index contributed by atoms with van der Waals surface area (Å²) in [5.41, 5.74) is 0. The van der Waals surface area contributed by atoms with Crippen molar-refractivity contribution in [1.29, 1.82) is 0 Å². The van der Waals surface area contributed by atoms with Gasteiger partial charge in [0.25, 0.3) is 0 Å². The predicted octanol–water partition coefficient (Wildman–Crippen LogP) is 18.9. The van der Waals surface area contributed by atoms with Crippen molar-refractivity contribution in [3.05, 3.63) is 60.8 Å². The van der Waals surface area contributed by atoms with E-state index in [1.807, 2.05) is 6.08 Å². The van der Waals surface area contributed by atoms with E-state index in [0.717, 1.165) is 103 Å². The van der Waals surface area contributed by atoms with Gasteiger partial charge in [-0.05, 0) is 70.6 Å². The Bertz CT molecular complexity index is 1630. The third-order valence-corrected chi connectivity index (χ3v) is 17.2. The molecule has 1 heterocycles. The molecule has 11 nitrogen and oxygen atoms in total. The van der Waals surface area contributed by atoms with Crippen LogP contribution in [-0.4, -0.2) is 99.6 Å². The van der Waals surface area contributed by atoms with E-state index in [1.165, 1.54) is 193 Å². The van der Waals surface area contributed by atoms with Crippen LogP contribution in [0, 0.1) is 0 Å². The van der Waals surface area contributed by atoms with E-state index in [1.54, 1.807) is 6.08 Å². The van der Waals surface area contributed by atoms with E-state index in [0.29, 0.717) is 19.3 Å². The van der Waals surface area contributed by atoms with Gasteiger partial charge >= 0.3 is 5.97 Å². The standard InChI is InChI=1S/C75H137NO10/c1-4-7-10-13-16-19-22-25-27-29-31-33-35-37-39-41-43-45-48-51-54-57-60-63-70(80)86-73-72(82)71(81)69(64-77)85-75(73)84-65-66(67(78)61-58-55-52-49-46-24-21-18-15-12-9-6-3)76-74(83)68(79)62-59-56-53-50-47-44-42-40-38-36-34-32-30-28-26-23-20-17-14-11-8-5-2/h16,19,25,27,31,33,37,39,58,61,66-69,71-73,75,77-79,81-82H,4-15,17-18,20-24,26,28-30,32,34-36,38,40-57,59-60,62-65H2,1-3H3,(H,76,83)/b19-16-,27-25-,33-31-,39-37-,61-58+. The van der Waals surface area contributed by atoms with Gasteiger partial charge < -0.3 is 45.1 Å². The Morgan fingerprint density at radius 2 is 0.802 bits per heavy atom.